The molecule has 0 aliphatic heterocycles. The van der Waals surface area contributed by atoms with Crippen LogP contribution in [0.4, 0.5) is 0 Å². The Labute approximate surface area is 132 Å². The van der Waals surface area contributed by atoms with Crippen LogP contribution in [0.5, 0.6) is 5.88 Å². The number of halogens is 4. The quantitative estimate of drug-likeness (QED) is 0.661. The number of hydrogen-bond donors (Lipinski definition) is 1. The molecular weight excluding hydrogens is 350 g/mol. The fraction of sp³-hybridized carbons (Fsp3) is 0. The van der Waals surface area contributed by atoms with Gasteiger partial charge in [-0.15, -0.1) is 0 Å². The molecule has 2 aromatic heterocycles. The Morgan fingerprint density at radius 2 is 1.90 bits per heavy atom. The minimum Gasteiger partial charge on any atom is -0.401 e. The van der Waals surface area contributed by atoms with Gasteiger partial charge in [0.25, 0.3) is 0 Å². The van der Waals surface area contributed by atoms with Gasteiger partial charge in [-0.1, -0.05) is 46.4 Å². The van der Waals surface area contributed by atoms with Gasteiger partial charge >= 0.3 is 5.97 Å². The maximum absolute atomic E-state index is 11.9. The lowest BCUT2D eigenvalue weighted by Crippen LogP contribution is -2.17. The molecule has 0 aromatic carbocycles. The van der Waals surface area contributed by atoms with Crippen molar-refractivity contribution in [2.24, 2.45) is 0 Å². The smallest absolute Gasteiger partial charge is 0.363 e. The first-order valence-corrected chi connectivity index (χ1v) is 6.52. The Balaban J connectivity index is 2.38. The molecule has 0 unspecified atom stereocenters. The highest BCUT2D eigenvalue weighted by molar-refractivity contribution is 6.35. The molecule has 0 spiro atoms. The van der Waals surface area contributed by atoms with Crippen LogP contribution in [0.25, 0.3) is 0 Å². The van der Waals surface area contributed by atoms with Gasteiger partial charge in [-0.05, 0) is 12.1 Å². The summed E-state index contributed by atoms with van der Waals surface area (Å²) in [6.07, 6.45) is 0. The molecule has 0 aliphatic carbocycles. The van der Waals surface area contributed by atoms with E-state index in [1.54, 1.807) is 0 Å². The summed E-state index contributed by atoms with van der Waals surface area (Å²) in [7, 11) is 0. The highest BCUT2D eigenvalue weighted by Crippen LogP contribution is 2.25. The van der Waals surface area contributed by atoms with Crippen LogP contribution >= 0.6 is 46.4 Å². The summed E-state index contributed by atoms with van der Waals surface area (Å²) in [6, 6.07) is 3.86. The van der Waals surface area contributed by atoms with E-state index < -0.39 is 11.4 Å². The number of rotatable bonds is 2. The summed E-state index contributed by atoms with van der Waals surface area (Å²) in [5, 5.41) is -0.250. The lowest BCUT2D eigenvalue weighted by atomic mass is 10.3. The Morgan fingerprint density at radius 1 is 1.20 bits per heavy atom. The van der Waals surface area contributed by atoms with E-state index in [2.05, 4.69) is 9.97 Å². The first-order chi connectivity index (χ1) is 9.38. The van der Waals surface area contributed by atoms with E-state index in [0.717, 1.165) is 6.07 Å². The SMILES string of the molecule is O=C(Oc1nc(Cl)ccc1Cl)c1[nH]c(Cl)cc(=O)c1Cl. The lowest BCUT2D eigenvalue weighted by Gasteiger charge is -2.06. The third-order valence-corrected chi connectivity index (χ3v) is 3.19. The summed E-state index contributed by atoms with van der Waals surface area (Å²) in [5.74, 6) is -1.17. The minimum atomic E-state index is -0.966. The highest BCUT2D eigenvalue weighted by atomic mass is 35.5. The molecule has 0 aliphatic rings. The average molecular weight is 354 g/mol. The van der Waals surface area contributed by atoms with Gasteiger partial charge in [-0.25, -0.2) is 4.79 Å². The maximum Gasteiger partial charge on any atom is 0.363 e. The number of H-pyrrole nitrogens is 1. The van der Waals surface area contributed by atoms with E-state index in [9.17, 15) is 9.59 Å². The normalized spacial score (nSPS) is 10.4. The number of esters is 1. The summed E-state index contributed by atoms with van der Waals surface area (Å²) in [6.45, 7) is 0. The lowest BCUT2D eigenvalue weighted by molar-refractivity contribution is 0.0721. The van der Waals surface area contributed by atoms with Gasteiger partial charge in [0.05, 0.1) is 0 Å². The number of hydrogen-bond acceptors (Lipinski definition) is 4. The van der Waals surface area contributed by atoms with Crippen LogP contribution in [-0.2, 0) is 0 Å². The number of carbonyl (C=O) groups excluding carboxylic acids is 1. The zero-order chi connectivity index (χ0) is 14.9. The second-order valence-electron chi connectivity index (χ2n) is 3.48. The van der Waals surface area contributed by atoms with Gasteiger partial charge in [-0.2, -0.15) is 4.98 Å². The Morgan fingerprint density at radius 3 is 2.60 bits per heavy atom. The van der Waals surface area contributed by atoms with E-state index in [-0.39, 0.29) is 31.9 Å². The zero-order valence-electron chi connectivity index (χ0n) is 9.42. The summed E-state index contributed by atoms with van der Waals surface area (Å²) in [5.41, 5.74) is -0.922. The second-order valence-corrected chi connectivity index (χ2v) is 5.06. The van der Waals surface area contributed by atoms with E-state index >= 15 is 0 Å². The van der Waals surface area contributed by atoms with Gasteiger partial charge in [0, 0.05) is 6.07 Å². The number of nitrogens with one attached hydrogen (secondary N) is 1. The van der Waals surface area contributed by atoms with Crippen LogP contribution in [-0.4, -0.2) is 15.9 Å². The Hall–Kier alpha value is -1.27. The Bertz CT molecular complexity index is 745. The van der Waals surface area contributed by atoms with Crippen molar-refractivity contribution >= 4 is 52.4 Å². The van der Waals surface area contributed by atoms with Crippen molar-refractivity contribution in [3.8, 4) is 5.88 Å². The van der Waals surface area contributed by atoms with Gasteiger partial charge < -0.3 is 9.72 Å². The van der Waals surface area contributed by atoms with Crippen molar-refractivity contribution in [3.05, 3.63) is 54.5 Å². The first-order valence-electron chi connectivity index (χ1n) is 5.01. The molecule has 2 heterocycles. The van der Waals surface area contributed by atoms with Crippen molar-refractivity contribution in [3.63, 3.8) is 0 Å². The molecule has 0 bridgehead atoms. The minimum absolute atomic E-state index is 0.0588. The molecule has 2 aromatic rings. The topological polar surface area (TPSA) is 72.0 Å². The number of aromatic nitrogens is 2. The van der Waals surface area contributed by atoms with Crippen LogP contribution in [0.2, 0.25) is 20.4 Å². The summed E-state index contributed by atoms with van der Waals surface area (Å²) < 4.78 is 4.92. The molecule has 0 saturated heterocycles. The fourth-order valence-corrected chi connectivity index (χ4v) is 1.92. The maximum atomic E-state index is 11.9. The molecule has 0 radical (unpaired) electrons. The van der Waals surface area contributed by atoms with Crippen molar-refractivity contribution in [1.29, 1.82) is 0 Å². The number of pyridine rings is 2. The zero-order valence-corrected chi connectivity index (χ0v) is 12.4. The molecule has 1 N–H and O–H groups in total. The largest absolute Gasteiger partial charge is 0.401 e. The van der Waals surface area contributed by atoms with E-state index in [4.69, 9.17) is 51.1 Å². The monoisotopic (exact) mass is 352 g/mol. The van der Waals surface area contributed by atoms with E-state index in [0.29, 0.717) is 0 Å². The van der Waals surface area contributed by atoms with E-state index in [1.165, 1.54) is 12.1 Å². The van der Waals surface area contributed by atoms with Crippen LogP contribution in [0.3, 0.4) is 0 Å². The van der Waals surface area contributed by atoms with Crippen molar-refractivity contribution in [2.75, 3.05) is 0 Å². The first kappa shape index (κ1) is 15.1. The van der Waals surface area contributed by atoms with Gasteiger partial charge in [-0.3, -0.25) is 4.79 Å². The predicted molar refractivity (Wildman–Crippen MR) is 76.3 cm³/mol. The van der Waals surface area contributed by atoms with Crippen molar-refractivity contribution in [2.45, 2.75) is 0 Å². The Kier molecular flexibility index (Phi) is 4.55. The molecule has 0 atom stereocenters. The molecule has 0 fully saturated rings. The standard InChI is InChI=1S/C11H4Cl4N2O3/c12-4-1-2-6(13)17-10(4)20-11(19)9-8(15)5(18)3-7(14)16-9/h1-3H,(H,16,18). The summed E-state index contributed by atoms with van der Waals surface area (Å²) in [4.78, 5) is 29.5. The van der Waals surface area contributed by atoms with Gasteiger partial charge in [0.2, 0.25) is 11.3 Å². The molecule has 0 amide bonds. The van der Waals surface area contributed by atoms with Crippen molar-refractivity contribution < 1.29 is 9.53 Å². The van der Waals surface area contributed by atoms with Gasteiger partial charge in [0.1, 0.15) is 26.0 Å². The predicted octanol–water partition coefficient (Wildman–Crippen LogP) is 3.60. The molecule has 5 nitrogen and oxygen atoms in total. The summed E-state index contributed by atoms with van der Waals surface area (Å²) >= 11 is 22.8. The number of carbonyl (C=O) groups is 1. The van der Waals surface area contributed by atoms with Crippen LogP contribution in [0.1, 0.15) is 10.5 Å². The average Bonchev–Trinajstić information content (AvgIpc) is 2.38. The molecule has 104 valence electrons. The molecule has 0 saturated carbocycles. The van der Waals surface area contributed by atoms with Crippen LogP contribution < -0.4 is 10.2 Å². The second kappa shape index (κ2) is 6.01. The van der Waals surface area contributed by atoms with E-state index in [1.807, 2.05) is 0 Å². The van der Waals surface area contributed by atoms with Crippen LogP contribution in [0, 0.1) is 0 Å². The molecular formula is C11H4Cl4N2O3. The number of ether oxygens (including phenoxy) is 1. The third kappa shape index (κ3) is 3.24. The van der Waals surface area contributed by atoms with Crippen LogP contribution in [0.15, 0.2) is 23.0 Å². The molecule has 20 heavy (non-hydrogen) atoms. The fourth-order valence-electron chi connectivity index (χ4n) is 1.26. The van der Waals surface area contributed by atoms with Gasteiger partial charge in [0.15, 0.2) is 0 Å². The molecule has 2 rings (SSSR count). The van der Waals surface area contributed by atoms with Crippen molar-refractivity contribution in [1.82, 2.24) is 9.97 Å². The molecule has 9 heteroatoms. The highest BCUT2D eigenvalue weighted by Gasteiger charge is 2.19. The number of nitrogens with zero attached hydrogens (tertiary/aromatic N) is 1. The third-order valence-electron chi connectivity index (χ3n) is 2.11. The number of aromatic amines is 1.